The van der Waals surface area contributed by atoms with E-state index in [-0.39, 0.29) is 18.4 Å². The minimum atomic E-state index is -0.119. The Kier molecular flexibility index (Phi) is 4.48. The van der Waals surface area contributed by atoms with E-state index in [1.54, 1.807) is 21.1 Å². The van der Waals surface area contributed by atoms with Crippen LogP contribution < -0.4 is 0 Å². The molecule has 0 saturated heterocycles. The predicted molar refractivity (Wildman–Crippen MR) is 71.6 cm³/mol. The number of hydrogen-bond donors (Lipinski definition) is 0. The lowest BCUT2D eigenvalue weighted by Crippen LogP contribution is -2.38. The average molecular weight is 248 g/mol. The van der Waals surface area contributed by atoms with Gasteiger partial charge in [-0.05, 0) is 25.5 Å². The Morgan fingerprint density at radius 2 is 1.72 bits per heavy atom. The zero-order chi connectivity index (χ0) is 13.9. The molecular weight excluding hydrogens is 228 g/mol. The molecule has 1 aromatic carbocycles. The molecule has 1 aromatic rings. The molecule has 4 nitrogen and oxygen atoms in total. The standard InChI is InChI=1S/C14H20N2O2/c1-10-6-7-11(2)12(8-10)14(18)16(5)9-13(17)15(3)4/h6-8H,9H2,1-5H3. The molecule has 0 fully saturated rings. The van der Waals surface area contributed by atoms with E-state index in [9.17, 15) is 9.59 Å². The van der Waals surface area contributed by atoms with Gasteiger partial charge >= 0.3 is 0 Å². The zero-order valence-corrected chi connectivity index (χ0v) is 11.7. The largest absolute Gasteiger partial charge is 0.347 e. The average Bonchev–Trinajstić information content (AvgIpc) is 2.31. The molecule has 0 N–H and O–H groups in total. The molecule has 0 heterocycles. The van der Waals surface area contributed by atoms with Crippen LogP contribution in [0.4, 0.5) is 0 Å². The van der Waals surface area contributed by atoms with Gasteiger partial charge in [-0.2, -0.15) is 0 Å². The minimum Gasteiger partial charge on any atom is -0.347 e. The Balaban J connectivity index is 2.87. The van der Waals surface area contributed by atoms with Gasteiger partial charge < -0.3 is 9.80 Å². The smallest absolute Gasteiger partial charge is 0.254 e. The summed E-state index contributed by atoms with van der Waals surface area (Å²) < 4.78 is 0. The predicted octanol–water partition coefficient (Wildman–Crippen LogP) is 1.46. The molecule has 0 atom stereocenters. The third-order valence-corrected chi connectivity index (χ3v) is 2.84. The van der Waals surface area contributed by atoms with Crippen molar-refractivity contribution >= 4 is 11.8 Å². The number of amides is 2. The fraction of sp³-hybridized carbons (Fsp3) is 0.429. The molecule has 0 aliphatic rings. The molecule has 4 heteroatoms. The first kappa shape index (κ1) is 14.2. The van der Waals surface area contributed by atoms with E-state index in [2.05, 4.69) is 0 Å². The molecule has 1 rings (SSSR count). The minimum absolute atomic E-state index is 0.0869. The molecule has 0 bridgehead atoms. The van der Waals surface area contributed by atoms with E-state index in [4.69, 9.17) is 0 Å². The Morgan fingerprint density at radius 1 is 1.11 bits per heavy atom. The lowest BCUT2D eigenvalue weighted by atomic mass is 10.0. The van der Waals surface area contributed by atoms with Gasteiger partial charge in [-0.1, -0.05) is 17.7 Å². The second kappa shape index (κ2) is 5.67. The van der Waals surface area contributed by atoms with E-state index < -0.39 is 0 Å². The monoisotopic (exact) mass is 248 g/mol. The summed E-state index contributed by atoms with van der Waals surface area (Å²) in [6.07, 6.45) is 0. The number of benzene rings is 1. The van der Waals surface area contributed by atoms with Crippen LogP contribution in [0.15, 0.2) is 18.2 Å². The Hall–Kier alpha value is -1.84. The van der Waals surface area contributed by atoms with E-state index in [0.717, 1.165) is 11.1 Å². The third kappa shape index (κ3) is 3.32. The summed E-state index contributed by atoms with van der Waals surface area (Å²) in [6.45, 7) is 3.94. The van der Waals surface area contributed by atoms with Crippen LogP contribution in [0.2, 0.25) is 0 Å². The lowest BCUT2D eigenvalue weighted by Gasteiger charge is -2.20. The number of hydrogen-bond acceptors (Lipinski definition) is 2. The Morgan fingerprint density at radius 3 is 2.28 bits per heavy atom. The Labute approximate surface area is 108 Å². The highest BCUT2D eigenvalue weighted by Crippen LogP contribution is 2.12. The van der Waals surface area contributed by atoms with E-state index in [1.165, 1.54) is 9.80 Å². The van der Waals surface area contributed by atoms with Crippen LogP contribution in [0.1, 0.15) is 21.5 Å². The molecule has 0 spiro atoms. The Bertz CT molecular complexity index is 467. The summed E-state index contributed by atoms with van der Waals surface area (Å²) in [6, 6.07) is 5.75. The highest BCUT2D eigenvalue weighted by molar-refractivity contribution is 5.97. The molecule has 98 valence electrons. The first-order valence-electron chi connectivity index (χ1n) is 5.85. The van der Waals surface area contributed by atoms with Gasteiger partial charge in [0.1, 0.15) is 0 Å². The van der Waals surface area contributed by atoms with E-state index in [0.29, 0.717) is 5.56 Å². The molecule has 0 aliphatic heterocycles. The fourth-order valence-corrected chi connectivity index (χ4v) is 1.59. The molecule has 0 radical (unpaired) electrons. The highest BCUT2D eigenvalue weighted by atomic mass is 16.2. The topological polar surface area (TPSA) is 40.6 Å². The SMILES string of the molecule is Cc1ccc(C)c(C(=O)N(C)CC(=O)N(C)C)c1. The van der Waals surface area contributed by atoms with Crippen molar-refractivity contribution in [3.8, 4) is 0 Å². The van der Waals surface area contributed by atoms with Crippen molar-refractivity contribution in [3.63, 3.8) is 0 Å². The van der Waals surface area contributed by atoms with Gasteiger partial charge in [-0.25, -0.2) is 0 Å². The third-order valence-electron chi connectivity index (χ3n) is 2.84. The van der Waals surface area contributed by atoms with Crippen molar-refractivity contribution in [2.75, 3.05) is 27.7 Å². The second-order valence-corrected chi connectivity index (χ2v) is 4.77. The maximum atomic E-state index is 12.2. The van der Waals surface area contributed by atoms with Gasteiger partial charge in [0.15, 0.2) is 0 Å². The molecule has 2 amide bonds. The molecule has 0 aromatic heterocycles. The van der Waals surface area contributed by atoms with Crippen LogP contribution in [0, 0.1) is 13.8 Å². The number of rotatable bonds is 3. The summed E-state index contributed by atoms with van der Waals surface area (Å²) in [4.78, 5) is 26.7. The van der Waals surface area contributed by atoms with Crippen LogP contribution in [-0.2, 0) is 4.79 Å². The van der Waals surface area contributed by atoms with Crippen molar-refractivity contribution in [1.29, 1.82) is 0 Å². The second-order valence-electron chi connectivity index (χ2n) is 4.77. The van der Waals surface area contributed by atoms with Crippen LogP contribution in [0.25, 0.3) is 0 Å². The van der Waals surface area contributed by atoms with Crippen LogP contribution in [-0.4, -0.2) is 49.3 Å². The summed E-state index contributed by atoms with van der Waals surface area (Å²) in [5.74, 6) is -0.206. The molecule has 18 heavy (non-hydrogen) atoms. The molecule has 0 saturated carbocycles. The van der Waals surface area contributed by atoms with Gasteiger partial charge in [-0.3, -0.25) is 9.59 Å². The lowest BCUT2D eigenvalue weighted by molar-refractivity contribution is -0.129. The number of carbonyl (C=O) groups is 2. The van der Waals surface area contributed by atoms with Gasteiger partial charge in [0, 0.05) is 26.7 Å². The quantitative estimate of drug-likeness (QED) is 0.812. The highest BCUT2D eigenvalue weighted by Gasteiger charge is 2.17. The maximum absolute atomic E-state index is 12.2. The first-order valence-corrected chi connectivity index (χ1v) is 5.85. The number of likely N-dealkylation sites (N-methyl/N-ethyl adjacent to an activating group) is 2. The zero-order valence-electron chi connectivity index (χ0n) is 11.7. The molecule has 0 aliphatic carbocycles. The van der Waals surface area contributed by atoms with Gasteiger partial charge in [-0.15, -0.1) is 0 Å². The van der Waals surface area contributed by atoms with Crippen molar-refractivity contribution in [2.45, 2.75) is 13.8 Å². The van der Waals surface area contributed by atoms with Gasteiger partial charge in [0.25, 0.3) is 5.91 Å². The van der Waals surface area contributed by atoms with Crippen LogP contribution >= 0.6 is 0 Å². The first-order chi connectivity index (χ1) is 8.32. The van der Waals surface area contributed by atoms with Crippen molar-refractivity contribution < 1.29 is 9.59 Å². The number of carbonyl (C=O) groups excluding carboxylic acids is 2. The van der Waals surface area contributed by atoms with Gasteiger partial charge in [0.05, 0.1) is 6.54 Å². The summed E-state index contributed by atoms with van der Waals surface area (Å²) in [5, 5.41) is 0. The van der Waals surface area contributed by atoms with Crippen molar-refractivity contribution in [1.82, 2.24) is 9.80 Å². The van der Waals surface area contributed by atoms with Gasteiger partial charge in [0.2, 0.25) is 5.91 Å². The number of aryl methyl sites for hydroxylation is 2. The number of nitrogens with zero attached hydrogens (tertiary/aromatic N) is 2. The maximum Gasteiger partial charge on any atom is 0.254 e. The van der Waals surface area contributed by atoms with Crippen molar-refractivity contribution in [3.05, 3.63) is 34.9 Å². The summed E-state index contributed by atoms with van der Waals surface area (Å²) in [7, 11) is 5.00. The van der Waals surface area contributed by atoms with Crippen LogP contribution in [0.5, 0.6) is 0 Å². The summed E-state index contributed by atoms with van der Waals surface area (Å²) in [5.41, 5.74) is 2.62. The van der Waals surface area contributed by atoms with E-state index >= 15 is 0 Å². The van der Waals surface area contributed by atoms with Crippen molar-refractivity contribution in [2.24, 2.45) is 0 Å². The normalized spacial score (nSPS) is 10.1. The molecular formula is C14H20N2O2. The molecule has 0 unspecified atom stereocenters. The van der Waals surface area contributed by atoms with E-state index in [1.807, 2.05) is 32.0 Å². The summed E-state index contributed by atoms with van der Waals surface area (Å²) >= 11 is 0. The van der Waals surface area contributed by atoms with Crippen LogP contribution in [0.3, 0.4) is 0 Å². The fourth-order valence-electron chi connectivity index (χ4n) is 1.59.